The van der Waals surface area contributed by atoms with E-state index in [4.69, 9.17) is 33.8 Å². The van der Waals surface area contributed by atoms with E-state index in [2.05, 4.69) is 5.43 Å². The van der Waals surface area contributed by atoms with Crippen LogP contribution < -0.4 is 16.0 Å². The summed E-state index contributed by atoms with van der Waals surface area (Å²) >= 11 is 11.9. The summed E-state index contributed by atoms with van der Waals surface area (Å²) in [7, 11) is 0. The molecule has 1 aromatic rings. The molecule has 1 aliphatic heterocycles. The number of benzene rings is 1. The average molecular weight is 360 g/mol. The number of hydrogen-bond donors (Lipinski definition) is 2. The summed E-state index contributed by atoms with van der Waals surface area (Å²) in [4.78, 5) is 25.8. The highest BCUT2D eigenvalue weighted by atomic mass is 35.5. The second-order valence-corrected chi connectivity index (χ2v) is 6.31. The fourth-order valence-electron chi connectivity index (χ4n) is 2.58. The Balaban J connectivity index is 2.00. The van der Waals surface area contributed by atoms with Crippen molar-refractivity contribution in [2.24, 2.45) is 11.8 Å². The molecule has 1 fully saturated rings. The molecular formula is C15H19Cl2N3O3. The van der Waals surface area contributed by atoms with Crippen molar-refractivity contribution < 1.29 is 14.3 Å². The molecule has 1 saturated heterocycles. The van der Waals surface area contributed by atoms with Crippen molar-refractivity contribution in [1.82, 2.24) is 10.3 Å². The molecule has 8 heteroatoms. The average Bonchev–Trinajstić information content (AvgIpc) is 2.56. The maximum absolute atomic E-state index is 12.5. The molecule has 0 saturated carbocycles. The maximum atomic E-state index is 12.5. The van der Waals surface area contributed by atoms with E-state index in [1.54, 1.807) is 30.0 Å². The Bertz CT molecular complexity index is 597. The van der Waals surface area contributed by atoms with E-state index in [9.17, 15) is 9.59 Å². The fourth-order valence-corrected chi connectivity index (χ4v) is 3.03. The zero-order chi connectivity index (χ0) is 17.0. The van der Waals surface area contributed by atoms with Crippen molar-refractivity contribution >= 4 is 35.0 Å². The van der Waals surface area contributed by atoms with E-state index in [-0.39, 0.29) is 17.7 Å². The lowest BCUT2D eigenvalue weighted by Gasteiger charge is -2.33. The lowest BCUT2D eigenvalue weighted by molar-refractivity contribution is -0.141. The zero-order valence-corrected chi connectivity index (χ0v) is 14.2. The lowest BCUT2D eigenvalue weighted by Crippen LogP contribution is -2.50. The Morgan fingerprint density at radius 3 is 2.83 bits per heavy atom. The number of likely N-dealkylation sites (tertiary alicyclic amines) is 1. The summed E-state index contributed by atoms with van der Waals surface area (Å²) in [6.07, 6.45) is 0.747. The van der Waals surface area contributed by atoms with Crippen molar-refractivity contribution in [2.45, 2.75) is 25.9 Å². The number of hydrogen-bond acceptors (Lipinski definition) is 4. The van der Waals surface area contributed by atoms with Gasteiger partial charge in [-0.25, -0.2) is 5.84 Å². The van der Waals surface area contributed by atoms with Crippen LogP contribution in [0.5, 0.6) is 5.75 Å². The first-order valence-corrected chi connectivity index (χ1v) is 8.09. The van der Waals surface area contributed by atoms with Crippen molar-refractivity contribution in [2.75, 3.05) is 13.1 Å². The van der Waals surface area contributed by atoms with Crippen LogP contribution >= 0.6 is 23.2 Å². The summed E-state index contributed by atoms with van der Waals surface area (Å²) in [5.74, 6) is 4.83. The summed E-state index contributed by atoms with van der Waals surface area (Å²) in [6, 6.07) is 4.82. The standard InChI is InChI=1S/C15H19Cl2N3O3/c1-9(23-13-5-4-11(16)7-12(13)17)15(22)20-6-2-3-10(8-20)14(21)19-18/h4-5,7,9-10H,2-3,6,8,18H2,1H3,(H,19,21). The largest absolute Gasteiger partial charge is 0.479 e. The predicted molar refractivity (Wildman–Crippen MR) is 88.2 cm³/mol. The van der Waals surface area contributed by atoms with Crippen LogP contribution in [0.25, 0.3) is 0 Å². The van der Waals surface area contributed by atoms with Gasteiger partial charge in [-0.3, -0.25) is 15.0 Å². The molecule has 0 aromatic heterocycles. The number of rotatable bonds is 4. The van der Waals surface area contributed by atoms with Crippen molar-refractivity contribution in [1.29, 1.82) is 0 Å². The van der Waals surface area contributed by atoms with Gasteiger partial charge in [0.2, 0.25) is 5.91 Å². The van der Waals surface area contributed by atoms with E-state index < -0.39 is 6.10 Å². The summed E-state index contributed by atoms with van der Waals surface area (Å²) in [6.45, 7) is 2.58. The molecule has 1 heterocycles. The normalized spacial score (nSPS) is 19.1. The predicted octanol–water partition coefficient (Wildman–Crippen LogP) is 1.99. The van der Waals surface area contributed by atoms with Gasteiger partial charge in [-0.05, 0) is 38.0 Å². The van der Waals surface area contributed by atoms with Gasteiger partial charge in [0.05, 0.1) is 10.9 Å². The van der Waals surface area contributed by atoms with Crippen molar-refractivity contribution in [3.05, 3.63) is 28.2 Å². The molecule has 0 radical (unpaired) electrons. The van der Waals surface area contributed by atoms with E-state index >= 15 is 0 Å². The third kappa shape index (κ3) is 4.50. The van der Waals surface area contributed by atoms with Gasteiger partial charge in [0.25, 0.3) is 5.91 Å². The first kappa shape index (κ1) is 17.8. The molecule has 0 aliphatic carbocycles. The second-order valence-electron chi connectivity index (χ2n) is 5.47. The molecule has 1 aromatic carbocycles. The van der Waals surface area contributed by atoms with E-state index in [1.165, 1.54) is 0 Å². The molecule has 2 atom stereocenters. The zero-order valence-electron chi connectivity index (χ0n) is 12.7. The first-order chi connectivity index (χ1) is 10.9. The van der Waals surface area contributed by atoms with Gasteiger partial charge in [0.15, 0.2) is 6.10 Å². The molecule has 1 aliphatic rings. The van der Waals surface area contributed by atoms with Crippen molar-refractivity contribution in [3.8, 4) is 5.75 Å². The number of ether oxygens (including phenoxy) is 1. The van der Waals surface area contributed by atoms with Crippen LogP contribution in [0.2, 0.25) is 10.0 Å². The Labute approximate surface area is 144 Å². The third-order valence-electron chi connectivity index (χ3n) is 3.79. The molecule has 2 unspecified atom stereocenters. The molecule has 2 rings (SSSR count). The monoisotopic (exact) mass is 359 g/mol. The van der Waals surface area contributed by atoms with Gasteiger partial charge in [-0.15, -0.1) is 0 Å². The number of halogens is 2. The molecule has 0 spiro atoms. The van der Waals surface area contributed by atoms with Crippen molar-refractivity contribution in [3.63, 3.8) is 0 Å². The molecule has 6 nitrogen and oxygen atoms in total. The Kier molecular flexibility index (Phi) is 6.10. The highest BCUT2D eigenvalue weighted by Crippen LogP contribution is 2.28. The SMILES string of the molecule is CC(Oc1ccc(Cl)cc1Cl)C(=O)N1CCCC(C(=O)NN)C1. The summed E-state index contributed by atoms with van der Waals surface area (Å²) < 4.78 is 5.63. The highest BCUT2D eigenvalue weighted by Gasteiger charge is 2.31. The van der Waals surface area contributed by atoms with Crippen LogP contribution in [0.1, 0.15) is 19.8 Å². The fraction of sp³-hybridized carbons (Fsp3) is 0.467. The summed E-state index contributed by atoms with van der Waals surface area (Å²) in [5.41, 5.74) is 2.14. The molecule has 126 valence electrons. The molecular weight excluding hydrogens is 341 g/mol. The third-order valence-corrected chi connectivity index (χ3v) is 4.32. The van der Waals surface area contributed by atoms with Gasteiger partial charge >= 0.3 is 0 Å². The topological polar surface area (TPSA) is 84.7 Å². The number of carbonyl (C=O) groups is 2. The Hall–Kier alpha value is -1.50. The van der Waals surface area contributed by atoms with Crippen LogP contribution in [0.3, 0.4) is 0 Å². The van der Waals surface area contributed by atoms with Gasteiger partial charge in [0, 0.05) is 18.1 Å². The minimum Gasteiger partial charge on any atom is -0.479 e. The number of nitrogens with two attached hydrogens (primary N) is 1. The Morgan fingerprint density at radius 1 is 1.43 bits per heavy atom. The molecule has 23 heavy (non-hydrogen) atoms. The second kappa shape index (κ2) is 7.86. The van der Waals surface area contributed by atoms with Crippen LogP contribution in [0.15, 0.2) is 18.2 Å². The quantitative estimate of drug-likeness (QED) is 0.489. The smallest absolute Gasteiger partial charge is 0.263 e. The number of hydrazine groups is 1. The van der Waals surface area contributed by atoms with Gasteiger partial charge in [-0.1, -0.05) is 23.2 Å². The van der Waals surface area contributed by atoms with E-state index in [0.29, 0.717) is 35.3 Å². The molecule has 3 N–H and O–H groups in total. The minimum atomic E-state index is -0.714. The van der Waals surface area contributed by atoms with Gasteiger partial charge in [-0.2, -0.15) is 0 Å². The molecule has 0 bridgehead atoms. The molecule has 2 amide bonds. The first-order valence-electron chi connectivity index (χ1n) is 7.33. The number of nitrogens with one attached hydrogen (secondary N) is 1. The minimum absolute atomic E-state index is 0.189. The highest BCUT2D eigenvalue weighted by molar-refractivity contribution is 6.35. The number of carbonyl (C=O) groups excluding carboxylic acids is 2. The van der Waals surface area contributed by atoms with E-state index in [0.717, 1.165) is 6.42 Å². The van der Waals surface area contributed by atoms with Crippen LogP contribution in [-0.2, 0) is 9.59 Å². The number of amides is 2. The summed E-state index contributed by atoms with van der Waals surface area (Å²) in [5, 5.41) is 0.837. The number of nitrogens with zero attached hydrogens (tertiary/aromatic N) is 1. The van der Waals surface area contributed by atoms with Crippen LogP contribution in [-0.4, -0.2) is 35.9 Å². The number of piperidine rings is 1. The van der Waals surface area contributed by atoms with E-state index in [1.807, 2.05) is 0 Å². The van der Waals surface area contributed by atoms with Crippen LogP contribution in [0.4, 0.5) is 0 Å². The Morgan fingerprint density at radius 2 is 2.17 bits per heavy atom. The van der Waals surface area contributed by atoms with Crippen LogP contribution in [0, 0.1) is 5.92 Å². The maximum Gasteiger partial charge on any atom is 0.263 e. The lowest BCUT2D eigenvalue weighted by atomic mass is 9.97. The van der Waals surface area contributed by atoms with Gasteiger partial charge < -0.3 is 9.64 Å². The van der Waals surface area contributed by atoms with Gasteiger partial charge in [0.1, 0.15) is 5.75 Å².